The molecule has 27 heavy (non-hydrogen) atoms. The van der Waals surface area contributed by atoms with Crippen LogP contribution >= 0.6 is 0 Å². The molecule has 146 valence electrons. The van der Waals surface area contributed by atoms with Crippen molar-refractivity contribution in [3.63, 3.8) is 0 Å². The van der Waals surface area contributed by atoms with Gasteiger partial charge >= 0.3 is 0 Å². The molecule has 1 fully saturated rings. The smallest absolute Gasteiger partial charge is 0.255 e. The molecule has 0 saturated carbocycles. The number of nitrogens with one attached hydrogen (secondary N) is 1. The number of carbonyl (C=O) groups excluding carboxylic acids is 1. The number of amides is 1. The van der Waals surface area contributed by atoms with Crippen LogP contribution in [0.2, 0.25) is 0 Å². The van der Waals surface area contributed by atoms with Crippen LogP contribution in [0.5, 0.6) is 0 Å². The van der Waals surface area contributed by atoms with Crippen LogP contribution in [-0.2, 0) is 4.74 Å². The Labute approximate surface area is 159 Å². The second-order valence-corrected chi connectivity index (χ2v) is 7.27. The Morgan fingerprint density at radius 1 is 1.22 bits per heavy atom. The molecule has 1 aliphatic rings. The molecule has 1 aliphatic heterocycles. The van der Waals surface area contributed by atoms with Gasteiger partial charge in [-0.25, -0.2) is 9.07 Å². The van der Waals surface area contributed by atoms with Crippen LogP contribution in [-0.4, -0.2) is 59.5 Å². The highest BCUT2D eigenvalue weighted by Crippen LogP contribution is 2.23. The summed E-state index contributed by atoms with van der Waals surface area (Å²) < 4.78 is 20.3. The molecule has 2 heterocycles. The van der Waals surface area contributed by atoms with Gasteiger partial charge in [0, 0.05) is 25.7 Å². The molecule has 1 amide bonds. The maximum absolute atomic E-state index is 13.2. The Hall–Kier alpha value is -2.25. The Morgan fingerprint density at radius 3 is 2.52 bits per heavy atom. The van der Waals surface area contributed by atoms with Crippen molar-refractivity contribution in [3.8, 4) is 5.69 Å². The van der Waals surface area contributed by atoms with Gasteiger partial charge in [0.15, 0.2) is 0 Å². The predicted molar refractivity (Wildman–Crippen MR) is 102 cm³/mol. The summed E-state index contributed by atoms with van der Waals surface area (Å²) in [5, 5.41) is 7.47. The number of halogens is 1. The van der Waals surface area contributed by atoms with Gasteiger partial charge in [0.2, 0.25) is 0 Å². The normalized spacial score (nSPS) is 16.5. The zero-order chi connectivity index (χ0) is 19.4. The number of benzene rings is 1. The number of hydrogen-bond donors (Lipinski definition) is 1. The fourth-order valence-corrected chi connectivity index (χ4v) is 3.39. The maximum Gasteiger partial charge on any atom is 0.255 e. The van der Waals surface area contributed by atoms with E-state index in [4.69, 9.17) is 4.74 Å². The second-order valence-electron chi connectivity index (χ2n) is 7.27. The highest BCUT2D eigenvalue weighted by molar-refractivity contribution is 5.95. The summed E-state index contributed by atoms with van der Waals surface area (Å²) in [7, 11) is 0. The number of carbonyl (C=O) groups is 1. The van der Waals surface area contributed by atoms with Crippen molar-refractivity contribution in [2.75, 3.05) is 32.8 Å². The van der Waals surface area contributed by atoms with Crippen LogP contribution in [0, 0.1) is 5.82 Å². The van der Waals surface area contributed by atoms with Crippen LogP contribution in [0.1, 0.15) is 42.7 Å². The van der Waals surface area contributed by atoms with Crippen molar-refractivity contribution < 1.29 is 13.9 Å². The first-order valence-electron chi connectivity index (χ1n) is 9.40. The third-order valence-electron chi connectivity index (χ3n) is 4.68. The molecule has 0 radical (unpaired) electrons. The summed E-state index contributed by atoms with van der Waals surface area (Å²) in [6.45, 7) is 10.1. The first-order valence-corrected chi connectivity index (χ1v) is 9.40. The number of ether oxygens (including phenoxy) is 1. The van der Waals surface area contributed by atoms with E-state index in [1.165, 1.54) is 12.1 Å². The average Bonchev–Trinajstić information content (AvgIpc) is 3.08. The lowest BCUT2D eigenvalue weighted by Crippen LogP contribution is -2.46. The first kappa shape index (κ1) is 19.5. The number of hydrogen-bond acceptors (Lipinski definition) is 4. The molecule has 1 saturated heterocycles. The molecule has 0 spiro atoms. The molecule has 1 N–H and O–H groups in total. The number of rotatable bonds is 6. The molecule has 6 nitrogen and oxygen atoms in total. The zero-order valence-corrected chi connectivity index (χ0v) is 16.1. The van der Waals surface area contributed by atoms with Crippen LogP contribution < -0.4 is 5.32 Å². The Balaban J connectivity index is 1.75. The SMILES string of the molecule is CC(CN1CCOCC1)NC(=O)c1cnn(-c2ccc(F)cc2)c1C(C)C. The first-order chi connectivity index (χ1) is 13.0. The molecular weight excluding hydrogens is 347 g/mol. The van der Waals surface area contributed by atoms with Gasteiger partial charge < -0.3 is 10.1 Å². The van der Waals surface area contributed by atoms with Gasteiger partial charge in [-0.2, -0.15) is 5.10 Å². The topological polar surface area (TPSA) is 59.4 Å². The molecule has 2 aromatic rings. The molecule has 1 atom stereocenters. The van der Waals surface area contributed by atoms with E-state index < -0.39 is 0 Å². The maximum atomic E-state index is 13.2. The molecule has 1 aromatic heterocycles. The molecule has 1 unspecified atom stereocenters. The summed E-state index contributed by atoms with van der Waals surface area (Å²) in [6, 6.07) is 6.13. The van der Waals surface area contributed by atoms with Gasteiger partial charge in [-0.05, 0) is 37.1 Å². The van der Waals surface area contributed by atoms with Crippen molar-refractivity contribution in [1.29, 1.82) is 0 Å². The van der Waals surface area contributed by atoms with Gasteiger partial charge in [-0.15, -0.1) is 0 Å². The summed E-state index contributed by atoms with van der Waals surface area (Å²) in [5.74, 6) is -0.340. The average molecular weight is 374 g/mol. The minimum absolute atomic E-state index is 0.0183. The van der Waals surface area contributed by atoms with Crippen molar-refractivity contribution in [2.45, 2.75) is 32.7 Å². The van der Waals surface area contributed by atoms with Gasteiger partial charge in [-0.3, -0.25) is 9.69 Å². The van der Waals surface area contributed by atoms with E-state index in [1.807, 2.05) is 20.8 Å². The Bertz CT molecular complexity index is 767. The summed E-state index contributed by atoms with van der Waals surface area (Å²) in [5.41, 5.74) is 2.11. The van der Waals surface area contributed by atoms with Crippen molar-refractivity contribution in [1.82, 2.24) is 20.0 Å². The molecule has 0 bridgehead atoms. The van der Waals surface area contributed by atoms with E-state index in [1.54, 1.807) is 23.0 Å². The van der Waals surface area contributed by atoms with E-state index in [-0.39, 0.29) is 23.7 Å². The Morgan fingerprint density at radius 2 is 1.89 bits per heavy atom. The highest BCUT2D eigenvalue weighted by atomic mass is 19.1. The van der Waals surface area contributed by atoms with Gasteiger partial charge in [0.1, 0.15) is 5.82 Å². The van der Waals surface area contributed by atoms with Crippen molar-refractivity contribution >= 4 is 5.91 Å². The van der Waals surface area contributed by atoms with Crippen LogP contribution in [0.25, 0.3) is 5.69 Å². The highest BCUT2D eigenvalue weighted by Gasteiger charge is 2.23. The largest absolute Gasteiger partial charge is 0.379 e. The second kappa shape index (κ2) is 8.63. The lowest BCUT2D eigenvalue weighted by Gasteiger charge is -2.29. The Kier molecular flexibility index (Phi) is 6.23. The van der Waals surface area contributed by atoms with E-state index in [2.05, 4.69) is 15.3 Å². The molecule has 0 aliphatic carbocycles. The van der Waals surface area contributed by atoms with Crippen LogP contribution in [0.3, 0.4) is 0 Å². The minimum Gasteiger partial charge on any atom is -0.379 e. The third-order valence-corrected chi connectivity index (χ3v) is 4.68. The van der Waals surface area contributed by atoms with Crippen LogP contribution in [0.15, 0.2) is 30.5 Å². The number of nitrogens with zero attached hydrogens (tertiary/aromatic N) is 3. The van der Waals surface area contributed by atoms with Crippen LogP contribution in [0.4, 0.5) is 4.39 Å². The third kappa shape index (κ3) is 4.73. The summed E-state index contributed by atoms with van der Waals surface area (Å²) in [4.78, 5) is 15.1. The van der Waals surface area contributed by atoms with E-state index in [0.29, 0.717) is 5.56 Å². The van der Waals surface area contributed by atoms with Crippen molar-refractivity contribution in [2.24, 2.45) is 0 Å². The standard InChI is InChI=1S/C20H27FN4O2/c1-14(2)19-18(12-22-25(19)17-6-4-16(21)5-7-17)20(26)23-15(3)13-24-8-10-27-11-9-24/h4-7,12,14-15H,8-11,13H2,1-3H3,(H,23,26). The quantitative estimate of drug-likeness (QED) is 0.844. The molecule has 7 heteroatoms. The minimum atomic E-state index is -0.299. The van der Waals surface area contributed by atoms with E-state index in [9.17, 15) is 9.18 Å². The number of morpholine rings is 1. The lowest BCUT2D eigenvalue weighted by atomic mass is 10.0. The molecule has 1 aromatic carbocycles. The lowest BCUT2D eigenvalue weighted by molar-refractivity contribution is 0.0342. The summed E-state index contributed by atoms with van der Waals surface area (Å²) in [6.07, 6.45) is 1.59. The van der Waals surface area contributed by atoms with Crippen molar-refractivity contribution in [3.05, 3.63) is 47.5 Å². The van der Waals surface area contributed by atoms with E-state index >= 15 is 0 Å². The predicted octanol–water partition coefficient (Wildman–Crippen LogP) is 2.59. The zero-order valence-electron chi connectivity index (χ0n) is 16.1. The molecular formula is C20H27FN4O2. The fraction of sp³-hybridized carbons (Fsp3) is 0.500. The molecule has 3 rings (SSSR count). The van der Waals surface area contributed by atoms with Gasteiger partial charge in [0.05, 0.1) is 36.4 Å². The fourth-order valence-electron chi connectivity index (χ4n) is 3.39. The van der Waals surface area contributed by atoms with Gasteiger partial charge in [-0.1, -0.05) is 13.8 Å². The van der Waals surface area contributed by atoms with Gasteiger partial charge in [0.25, 0.3) is 5.91 Å². The number of aromatic nitrogens is 2. The monoisotopic (exact) mass is 374 g/mol. The summed E-state index contributed by atoms with van der Waals surface area (Å²) >= 11 is 0. The van der Waals surface area contributed by atoms with E-state index in [0.717, 1.165) is 44.2 Å².